The van der Waals surface area contributed by atoms with Gasteiger partial charge in [-0.25, -0.2) is 4.98 Å². The lowest BCUT2D eigenvalue weighted by atomic mass is 10.0. The maximum absolute atomic E-state index is 12.8. The molecule has 0 atom stereocenters. The molecule has 1 aliphatic carbocycles. The molecule has 0 radical (unpaired) electrons. The number of rotatable bonds is 5. The van der Waals surface area contributed by atoms with Crippen LogP contribution in [0.2, 0.25) is 0 Å². The van der Waals surface area contributed by atoms with Gasteiger partial charge in [-0.15, -0.1) is 0 Å². The number of pyridine rings is 1. The molecule has 36 heavy (non-hydrogen) atoms. The number of ether oxygens (including phenoxy) is 1. The van der Waals surface area contributed by atoms with Gasteiger partial charge in [0.25, 0.3) is 5.91 Å². The summed E-state index contributed by atoms with van der Waals surface area (Å²) in [4.78, 5) is 34.1. The number of amides is 2. The standard InChI is InChI=1S/C29H34N4O3/c34-28(21-5-1-2-6-21)32-16-12-24(13-17-32)36-25-8-10-27(30-20-25)33-18-11-22-19-23(7-9-26(22)33)29(35)31-14-3-4-15-31/h7-11,18-21,24H,1-6,12-17H2. The second-order valence-corrected chi connectivity index (χ2v) is 10.4. The maximum Gasteiger partial charge on any atom is 0.253 e. The Balaban J connectivity index is 1.08. The molecule has 4 heterocycles. The van der Waals surface area contributed by atoms with Crippen LogP contribution in [0.3, 0.4) is 0 Å². The van der Waals surface area contributed by atoms with Crippen molar-refractivity contribution in [2.75, 3.05) is 26.2 Å². The first kappa shape index (κ1) is 23.1. The number of nitrogens with zero attached hydrogens (tertiary/aromatic N) is 4. The Morgan fingerprint density at radius 3 is 2.33 bits per heavy atom. The quantitative estimate of drug-likeness (QED) is 0.519. The van der Waals surface area contributed by atoms with E-state index in [2.05, 4.69) is 4.98 Å². The summed E-state index contributed by atoms with van der Waals surface area (Å²) in [5, 5.41) is 1.03. The van der Waals surface area contributed by atoms with Crippen LogP contribution in [0, 0.1) is 5.92 Å². The fourth-order valence-electron chi connectivity index (χ4n) is 5.98. The average Bonchev–Trinajstić information content (AvgIpc) is 3.71. The molecule has 7 nitrogen and oxygen atoms in total. The Morgan fingerprint density at radius 2 is 1.61 bits per heavy atom. The van der Waals surface area contributed by atoms with Crippen LogP contribution in [0.1, 0.15) is 61.7 Å². The molecule has 2 saturated heterocycles. The van der Waals surface area contributed by atoms with E-state index in [1.165, 1.54) is 12.8 Å². The lowest BCUT2D eigenvalue weighted by Gasteiger charge is -2.33. The van der Waals surface area contributed by atoms with Crippen molar-refractivity contribution in [3.8, 4) is 11.6 Å². The Kier molecular flexibility index (Phi) is 6.38. The van der Waals surface area contributed by atoms with Crippen LogP contribution in [-0.2, 0) is 4.79 Å². The molecule has 3 aromatic rings. The zero-order valence-electron chi connectivity index (χ0n) is 20.8. The van der Waals surface area contributed by atoms with E-state index >= 15 is 0 Å². The molecule has 3 fully saturated rings. The third-order valence-corrected chi connectivity index (χ3v) is 8.06. The normalized spacial score (nSPS) is 19.3. The van der Waals surface area contributed by atoms with E-state index in [1.54, 1.807) is 6.20 Å². The van der Waals surface area contributed by atoms with Gasteiger partial charge in [0.1, 0.15) is 17.7 Å². The van der Waals surface area contributed by atoms with Crippen molar-refractivity contribution in [1.82, 2.24) is 19.4 Å². The molecular formula is C29H34N4O3. The summed E-state index contributed by atoms with van der Waals surface area (Å²) < 4.78 is 8.25. The second-order valence-electron chi connectivity index (χ2n) is 10.4. The van der Waals surface area contributed by atoms with Crippen molar-refractivity contribution in [1.29, 1.82) is 0 Å². The molecule has 0 bridgehead atoms. The molecule has 3 aliphatic rings. The number of fused-ring (bicyclic) bond motifs is 1. The van der Waals surface area contributed by atoms with E-state index in [0.717, 1.165) is 92.7 Å². The topological polar surface area (TPSA) is 67.7 Å². The maximum atomic E-state index is 12.8. The molecule has 7 heteroatoms. The number of carbonyl (C=O) groups is 2. The van der Waals surface area contributed by atoms with Gasteiger partial charge in [0.05, 0.1) is 11.7 Å². The lowest BCUT2D eigenvalue weighted by molar-refractivity contribution is -0.137. The third-order valence-electron chi connectivity index (χ3n) is 8.06. The van der Waals surface area contributed by atoms with Crippen molar-refractivity contribution in [3.05, 3.63) is 54.4 Å². The number of aromatic nitrogens is 2. The van der Waals surface area contributed by atoms with Crippen molar-refractivity contribution in [3.63, 3.8) is 0 Å². The predicted molar refractivity (Wildman–Crippen MR) is 138 cm³/mol. The summed E-state index contributed by atoms with van der Waals surface area (Å²) in [6.45, 7) is 3.27. The van der Waals surface area contributed by atoms with Crippen LogP contribution >= 0.6 is 0 Å². The molecule has 0 unspecified atom stereocenters. The van der Waals surface area contributed by atoms with Gasteiger partial charge in [-0.2, -0.15) is 0 Å². The van der Waals surface area contributed by atoms with Crippen molar-refractivity contribution < 1.29 is 14.3 Å². The monoisotopic (exact) mass is 486 g/mol. The van der Waals surface area contributed by atoms with Crippen LogP contribution in [-0.4, -0.2) is 63.4 Å². The van der Waals surface area contributed by atoms with E-state index in [-0.39, 0.29) is 17.9 Å². The molecule has 188 valence electrons. The first-order chi connectivity index (χ1) is 17.7. The summed E-state index contributed by atoms with van der Waals surface area (Å²) >= 11 is 0. The third kappa shape index (κ3) is 4.59. The summed E-state index contributed by atoms with van der Waals surface area (Å²) in [6.07, 6.45) is 12.3. The number of hydrogen-bond donors (Lipinski definition) is 0. The van der Waals surface area contributed by atoms with Gasteiger partial charge in [0, 0.05) is 62.1 Å². The molecule has 1 saturated carbocycles. The van der Waals surface area contributed by atoms with E-state index in [4.69, 9.17) is 4.74 Å². The van der Waals surface area contributed by atoms with Gasteiger partial charge in [-0.3, -0.25) is 9.59 Å². The second kappa shape index (κ2) is 9.96. The van der Waals surface area contributed by atoms with Gasteiger partial charge in [-0.05, 0) is 62.1 Å². The minimum Gasteiger partial charge on any atom is -0.489 e. The van der Waals surface area contributed by atoms with Crippen molar-refractivity contribution in [2.45, 2.75) is 57.5 Å². The molecule has 6 rings (SSSR count). The number of hydrogen-bond acceptors (Lipinski definition) is 4. The van der Waals surface area contributed by atoms with Gasteiger partial charge < -0.3 is 19.1 Å². The molecule has 0 N–H and O–H groups in total. The van der Waals surface area contributed by atoms with Crippen LogP contribution in [0.15, 0.2) is 48.8 Å². The highest BCUT2D eigenvalue weighted by atomic mass is 16.5. The van der Waals surface area contributed by atoms with Gasteiger partial charge >= 0.3 is 0 Å². The first-order valence-electron chi connectivity index (χ1n) is 13.5. The van der Waals surface area contributed by atoms with Crippen LogP contribution < -0.4 is 4.74 Å². The smallest absolute Gasteiger partial charge is 0.253 e. The molecule has 2 amide bonds. The highest BCUT2D eigenvalue weighted by molar-refractivity contribution is 5.98. The number of piperidine rings is 1. The number of likely N-dealkylation sites (tertiary alicyclic amines) is 2. The Bertz CT molecular complexity index is 1230. The molecule has 0 spiro atoms. The summed E-state index contributed by atoms with van der Waals surface area (Å²) in [5.41, 5.74) is 1.77. The molecular weight excluding hydrogens is 452 g/mol. The minimum atomic E-state index is 0.115. The fraction of sp³-hybridized carbons (Fsp3) is 0.483. The first-order valence-corrected chi connectivity index (χ1v) is 13.5. The largest absolute Gasteiger partial charge is 0.489 e. The number of benzene rings is 1. The Hall–Kier alpha value is -3.35. The Labute approximate surface area is 212 Å². The average molecular weight is 487 g/mol. The summed E-state index contributed by atoms with van der Waals surface area (Å²) in [6, 6.07) is 11.9. The molecule has 2 aliphatic heterocycles. The SMILES string of the molecule is O=C(c1ccc2c(ccn2-c2ccc(OC3CCN(C(=O)C4CCCC4)CC3)cn2)c1)N1CCCC1. The summed E-state index contributed by atoms with van der Waals surface area (Å²) in [5.74, 6) is 2.29. The van der Waals surface area contributed by atoms with Gasteiger partial charge in [-0.1, -0.05) is 12.8 Å². The summed E-state index contributed by atoms with van der Waals surface area (Å²) in [7, 11) is 0. The predicted octanol–water partition coefficient (Wildman–Crippen LogP) is 4.82. The van der Waals surface area contributed by atoms with Crippen LogP contribution in [0.5, 0.6) is 5.75 Å². The van der Waals surface area contributed by atoms with E-state index < -0.39 is 0 Å². The Morgan fingerprint density at radius 1 is 0.833 bits per heavy atom. The van der Waals surface area contributed by atoms with E-state index in [0.29, 0.717) is 5.91 Å². The van der Waals surface area contributed by atoms with Crippen molar-refractivity contribution in [2.24, 2.45) is 5.92 Å². The van der Waals surface area contributed by atoms with E-state index in [1.807, 2.05) is 57.0 Å². The van der Waals surface area contributed by atoms with Crippen LogP contribution in [0.4, 0.5) is 0 Å². The minimum absolute atomic E-state index is 0.115. The van der Waals surface area contributed by atoms with E-state index in [9.17, 15) is 9.59 Å². The highest BCUT2D eigenvalue weighted by Crippen LogP contribution is 2.29. The molecule has 1 aromatic carbocycles. The molecule has 2 aromatic heterocycles. The van der Waals surface area contributed by atoms with Gasteiger partial charge in [0.15, 0.2) is 0 Å². The number of carbonyl (C=O) groups excluding carboxylic acids is 2. The van der Waals surface area contributed by atoms with Crippen molar-refractivity contribution >= 4 is 22.7 Å². The highest BCUT2D eigenvalue weighted by Gasteiger charge is 2.30. The van der Waals surface area contributed by atoms with Crippen LogP contribution in [0.25, 0.3) is 16.7 Å². The fourth-order valence-corrected chi connectivity index (χ4v) is 5.98. The van der Waals surface area contributed by atoms with Gasteiger partial charge in [0.2, 0.25) is 5.91 Å². The zero-order valence-corrected chi connectivity index (χ0v) is 20.8. The lowest BCUT2D eigenvalue weighted by Crippen LogP contribution is -2.43. The zero-order chi connectivity index (χ0) is 24.5.